The number of aromatic nitrogens is 3. The van der Waals surface area contributed by atoms with Crippen LogP contribution in [0.1, 0.15) is 44.7 Å². The van der Waals surface area contributed by atoms with Gasteiger partial charge in [-0.1, -0.05) is 73.5 Å². The first kappa shape index (κ1) is 20.8. The van der Waals surface area contributed by atoms with Gasteiger partial charge in [-0.2, -0.15) is 0 Å². The monoisotopic (exact) mass is 415 g/mol. The van der Waals surface area contributed by atoms with E-state index in [2.05, 4.69) is 29.1 Å². The minimum Gasteiger partial charge on any atom is -0.457 e. The molecular weight excluding hydrogens is 390 g/mol. The quantitative estimate of drug-likeness (QED) is 0.472. The highest BCUT2D eigenvalue weighted by Gasteiger charge is 2.45. The van der Waals surface area contributed by atoms with Crippen molar-refractivity contribution < 1.29 is 14.3 Å². The van der Waals surface area contributed by atoms with Crippen LogP contribution in [0, 0.1) is 17.8 Å². The van der Waals surface area contributed by atoms with E-state index in [1.54, 1.807) is 4.68 Å². The molecule has 1 aliphatic heterocycles. The van der Waals surface area contributed by atoms with E-state index in [0.29, 0.717) is 11.4 Å². The Hall–Kier alpha value is -3.43. The minimum absolute atomic E-state index is 0.0261. The fourth-order valence-corrected chi connectivity index (χ4v) is 3.91. The number of carbonyl (C=O) groups is 1. The maximum absolute atomic E-state index is 11.8. The van der Waals surface area contributed by atoms with Gasteiger partial charge in [0, 0.05) is 24.0 Å². The first-order chi connectivity index (χ1) is 15.1. The molecule has 0 aliphatic carbocycles. The van der Waals surface area contributed by atoms with Crippen LogP contribution in [0.4, 0.5) is 0 Å². The Labute approximate surface area is 182 Å². The van der Waals surface area contributed by atoms with Gasteiger partial charge in [0.05, 0.1) is 6.10 Å². The molecule has 0 radical (unpaired) electrons. The standard InChI is InChI=1S/C25H25N3O3/c1-4-22-17(2)24(30-18(3)29)25(31-22)28-21(16-15-19-11-7-5-8-12-19)23(26-27-28)20-13-9-6-10-14-20/h5-14,17,22,24-25H,4H2,1-3H3/t17-,22-,24-,25-/m1/s1. The first-order valence-electron chi connectivity index (χ1n) is 10.5. The Morgan fingerprint density at radius 1 is 1.10 bits per heavy atom. The van der Waals surface area contributed by atoms with Gasteiger partial charge < -0.3 is 9.47 Å². The molecule has 31 heavy (non-hydrogen) atoms. The highest BCUT2D eigenvalue weighted by atomic mass is 16.6. The molecule has 6 nitrogen and oxygen atoms in total. The zero-order valence-electron chi connectivity index (χ0n) is 17.9. The van der Waals surface area contributed by atoms with Crippen LogP contribution in [0.2, 0.25) is 0 Å². The smallest absolute Gasteiger partial charge is 0.303 e. The van der Waals surface area contributed by atoms with E-state index in [9.17, 15) is 4.79 Å². The fraction of sp³-hybridized carbons (Fsp3) is 0.320. The predicted octanol–water partition coefficient (Wildman–Crippen LogP) is 4.22. The van der Waals surface area contributed by atoms with Gasteiger partial charge in [-0.15, -0.1) is 5.10 Å². The van der Waals surface area contributed by atoms with Crippen LogP contribution in [0.5, 0.6) is 0 Å². The summed E-state index contributed by atoms with van der Waals surface area (Å²) in [5.41, 5.74) is 3.09. The lowest BCUT2D eigenvalue weighted by atomic mass is 9.98. The zero-order chi connectivity index (χ0) is 21.8. The van der Waals surface area contributed by atoms with E-state index >= 15 is 0 Å². The summed E-state index contributed by atoms with van der Waals surface area (Å²) in [7, 11) is 0. The molecule has 0 spiro atoms. The molecule has 0 saturated carbocycles. The van der Waals surface area contributed by atoms with Crippen molar-refractivity contribution in [3.05, 3.63) is 71.9 Å². The summed E-state index contributed by atoms with van der Waals surface area (Å²) in [6.45, 7) is 5.50. The van der Waals surface area contributed by atoms with Gasteiger partial charge in [0.15, 0.2) is 12.3 Å². The molecule has 2 heterocycles. The second-order valence-electron chi connectivity index (χ2n) is 7.62. The lowest BCUT2D eigenvalue weighted by Gasteiger charge is -2.21. The lowest BCUT2D eigenvalue weighted by molar-refractivity contribution is -0.154. The zero-order valence-corrected chi connectivity index (χ0v) is 17.9. The molecule has 2 aromatic carbocycles. The summed E-state index contributed by atoms with van der Waals surface area (Å²) in [6.07, 6.45) is -0.298. The third kappa shape index (κ3) is 4.37. The third-order valence-electron chi connectivity index (χ3n) is 5.49. The molecule has 0 bridgehead atoms. The highest BCUT2D eigenvalue weighted by molar-refractivity contribution is 5.67. The van der Waals surface area contributed by atoms with Gasteiger partial charge in [0.25, 0.3) is 0 Å². The third-order valence-corrected chi connectivity index (χ3v) is 5.49. The Bertz CT molecular complexity index is 1100. The second kappa shape index (κ2) is 9.15. The Morgan fingerprint density at radius 3 is 2.42 bits per heavy atom. The van der Waals surface area contributed by atoms with Crippen molar-refractivity contribution in [3.63, 3.8) is 0 Å². The van der Waals surface area contributed by atoms with Crippen LogP contribution in [0.15, 0.2) is 60.7 Å². The Morgan fingerprint density at radius 2 is 1.77 bits per heavy atom. The summed E-state index contributed by atoms with van der Waals surface area (Å²) in [5, 5.41) is 8.82. The van der Waals surface area contributed by atoms with Gasteiger partial charge in [-0.3, -0.25) is 4.79 Å². The van der Waals surface area contributed by atoms with Crippen LogP contribution >= 0.6 is 0 Å². The Balaban J connectivity index is 1.81. The number of hydrogen-bond acceptors (Lipinski definition) is 5. The van der Waals surface area contributed by atoms with Crippen molar-refractivity contribution in [1.82, 2.24) is 15.0 Å². The topological polar surface area (TPSA) is 66.2 Å². The van der Waals surface area contributed by atoms with E-state index in [4.69, 9.17) is 9.47 Å². The molecule has 158 valence electrons. The van der Waals surface area contributed by atoms with Crippen LogP contribution in [0.3, 0.4) is 0 Å². The summed E-state index contributed by atoms with van der Waals surface area (Å²) < 4.78 is 13.6. The maximum atomic E-state index is 11.8. The molecule has 4 atom stereocenters. The number of hydrogen-bond donors (Lipinski definition) is 0. The van der Waals surface area contributed by atoms with Gasteiger partial charge in [-0.05, 0) is 24.5 Å². The normalized spacial score (nSPS) is 22.5. The van der Waals surface area contributed by atoms with E-state index in [1.165, 1.54) is 6.92 Å². The molecule has 1 aliphatic rings. The fourth-order valence-electron chi connectivity index (χ4n) is 3.91. The minimum atomic E-state index is -0.589. The number of carbonyl (C=O) groups excluding carboxylic acids is 1. The second-order valence-corrected chi connectivity index (χ2v) is 7.62. The molecule has 6 heteroatoms. The van der Waals surface area contributed by atoms with Gasteiger partial charge in [-0.25, -0.2) is 4.68 Å². The lowest BCUT2D eigenvalue weighted by Crippen LogP contribution is -2.30. The van der Waals surface area contributed by atoms with Crippen molar-refractivity contribution in [2.45, 2.75) is 45.6 Å². The van der Waals surface area contributed by atoms with E-state index in [0.717, 1.165) is 17.5 Å². The predicted molar refractivity (Wildman–Crippen MR) is 117 cm³/mol. The molecule has 0 N–H and O–H groups in total. The number of esters is 1. The average molecular weight is 415 g/mol. The van der Waals surface area contributed by atoms with Gasteiger partial charge in [0.1, 0.15) is 11.4 Å². The molecule has 4 rings (SSSR count). The van der Waals surface area contributed by atoms with Crippen LogP contribution in [0.25, 0.3) is 11.3 Å². The molecule has 0 amide bonds. The SMILES string of the molecule is CC[C@H]1O[C@@H](n2nnc(-c3ccccc3)c2C#Cc2ccccc2)[C@H](OC(C)=O)[C@@H]1C. The van der Waals surface area contributed by atoms with Crippen LogP contribution in [-0.4, -0.2) is 33.2 Å². The highest BCUT2D eigenvalue weighted by Crippen LogP contribution is 2.38. The largest absolute Gasteiger partial charge is 0.457 e. The van der Waals surface area contributed by atoms with Crippen LogP contribution in [-0.2, 0) is 14.3 Å². The Kier molecular flexibility index (Phi) is 6.15. The first-order valence-corrected chi connectivity index (χ1v) is 10.5. The molecule has 1 fully saturated rings. The van der Waals surface area contributed by atoms with Crippen molar-refractivity contribution in [3.8, 4) is 23.1 Å². The molecule has 1 saturated heterocycles. The van der Waals surface area contributed by atoms with E-state index in [1.807, 2.05) is 67.6 Å². The van der Waals surface area contributed by atoms with Crippen molar-refractivity contribution in [2.24, 2.45) is 5.92 Å². The van der Waals surface area contributed by atoms with E-state index < -0.39 is 12.3 Å². The summed E-state index contributed by atoms with van der Waals surface area (Å²) >= 11 is 0. The number of nitrogens with zero attached hydrogens (tertiary/aromatic N) is 3. The maximum Gasteiger partial charge on any atom is 0.303 e. The van der Waals surface area contributed by atoms with Gasteiger partial charge in [0.2, 0.25) is 0 Å². The van der Waals surface area contributed by atoms with Crippen LogP contribution < -0.4 is 0 Å². The summed E-state index contributed by atoms with van der Waals surface area (Å²) in [4.78, 5) is 11.8. The number of ether oxygens (including phenoxy) is 2. The van der Waals surface area contributed by atoms with E-state index in [-0.39, 0.29) is 18.0 Å². The molecular formula is C25H25N3O3. The summed E-state index contributed by atoms with van der Waals surface area (Å²) in [5.74, 6) is 6.12. The van der Waals surface area contributed by atoms with Gasteiger partial charge >= 0.3 is 5.97 Å². The average Bonchev–Trinajstić information content (AvgIpc) is 3.34. The molecule has 1 aromatic heterocycles. The summed E-state index contributed by atoms with van der Waals surface area (Å²) in [6, 6.07) is 19.5. The van der Waals surface area contributed by atoms with Crippen molar-refractivity contribution in [1.29, 1.82) is 0 Å². The van der Waals surface area contributed by atoms with Crippen molar-refractivity contribution >= 4 is 5.97 Å². The van der Waals surface area contributed by atoms with Crippen molar-refractivity contribution in [2.75, 3.05) is 0 Å². The number of rotatable bonds is 4. The number of benzene rings is 2. The molecule has 3 aromatic rings. The molecule has 0 unspecified atom stereocenters.